The Morgan fingerprint density at radius 2 is 2.04 bits per heavy atom. The number of rotatable bonds is 3. The van der Waals surface area contributed by atoms with E-state index in [0.29, 0.717) is 45.6 Å². The van der Waals surface area contributed by atoms with Gasteiger partial charge in [0.05, 0.1) is 11.6 Å². The van der Waals surface area contributed by atoms with Crippen molar-refractivity contribution < 1.29 is 14.4 Å². The quantitative estimate of drug-likeness (QED) is 0.759. The number of amides is 3. The highest BCUT2D eigenvalue weighted by Crippen LogP contribution is 2.28. The molecular weight excluding hydrogens is 358 g/mol. The number of carbonyl (C=O) groups excluding carboxylic acids is 3. The van der Waals surface area contributed by atoms with Crippen LogP contribution in [0.5, 0.6) is 0 Å². The maximum Gasteiger partial charge on any atom is 0.228 e. The molecule has 150 valence electrons. The van der Waals surface area contributed by atoms with E-state index in [1.165, 1.54) is 0 Å². The summed E-state index contributed by atoms with van der Waals surface area (Å²) < 4.78 is 0. The molecular formula is C20H27N5O3. The second-order valence-corrected chi connectivity index (χ2v) is 7.99. The zero-order valence-corrected chi connectivity index (χ0v) is 16.6. The van der Waals surface area contributed by atoms with Crippen molar-refractivity contribution in [2.75, 3.05) is 32.7 Å². The Kier molecular flexibility index (Phi) is 5.03. The number of fused-ring (bicyclic) bond motifs is 1. The van der Waals surface area contributed by atoms with Crippen molar-refractivity contribution in [3.05, 3.63) is 23.3 Å². The minimum atomic E-state index is -0.231. The van der Waals surface area contributed by atoms with Crippen LogP contribution in [0.15, 0.2) is 6.20 Å². The highest BCUT2D eigenvalue weighted by atomic mass is 16.2. The molecule has 2 fully saturated rings. The van der Waals surface area contributed by atoms with Gasteiger partial charge < -0.3 is 14.7 Å². The molecule has 0 aromatic carbocycles. The van der Waals surface area contributed by atoms with Gasteiger partial charge in [-0.05, 0) is 13.3 Å². The second kappa shape index (κ2) is 7.48. The number of hydrogen-bond acceptors (Lipinski definition) is 5. The highest BCUT2D eigenvalue weighted by molar-refractivity contribution is 5.89. The third-order valence-corrected chi connectivity index (χ3v) is 6.21. The first-order valence-corrected chi connectivity index (χ1v) is 10.1. The van der Waals surface area contributed by atoms with E-state index in [1.54, 1.807) is 11.8 Å². The summed E-state index contributed by atoms with van der Waals surface area (Å²) in [6.07, 6.45) is 3.76. The van der Waals surface area contributed by atoms with E-state index in [-0.39, 0.29) is 29.6 Å². The predicted octanol–water partition coefficient (Wildman–Crippen LogP) is 0.566. The molecule has 3 amide bonds. The SMILES string of the molecule is CCN1C[C@H](C(=O)N2CCc3nc([C@H]4CCN(C(C)=O)C4)ncc3C2)CC1=O. The van der Waals surface area contributed by atoms with E-state index in [4.69, 9.17) is 4.98 Å². The van der Waals surface area contributed by atoms with E-state index in [1.807, 2.05) is 22.9 Å². The van der Waals surface area contributed by atoms with Crippen LogP contribution in [0.4, 0.5) is 0 Å². The fraction of sp³-hybridized carbons (Fsp3) is 0.650. The Morgan fingerprint density at radius 3 is 2.71 bits per heavy atom. The molecule has 0 aliphatic carbocycles. The molecule has 2 saturated heterocycles. The first-order chi connectivity index (χ1) is 13.5. The molecule has 0 N–H and O–H groups in total. The lowest BCUT2D eigenvalue weighted by Gasteiger charge is -2.30. The lowest BCUT2D eigenvalue weighted by Crippen LogP contribution is -2.41. The van der Waals surface area contributed by atoms with Crippen LogP contribution in [-0.4, -0.2) is 75.1 Å². The fourth-order valence-electron chi connectivity index (χ4n) is 4.47. The third-order valence-electron chi connectivity index (χ3n) is 6.21. The largest absolute Gasteiger partial charge is 0.342 e. The molecule has 3 aliphatic rings. The summed E-state index contributed by atoms with van der Waals surface area (Å²) in [5.41, 5.74) is 1.99. The Balaban J connectivity index is 1.42. The molecule has 3 aliphatic heterocycles. The maximum atomic E-state index is 12.9. The van der Waals surface area contributed by atoms with Gasteiger partial charge in [0, 0.05) is 76.7 Å². The monoisotopic (exact) mass is 385 g/mol. The van der Waals surface area contributed by atoms with Crippen molar-refractivity contribution in [1.29, 1.82) is 0 Å². The molecule has 4 rings (SSSR count). The van der Waals surface area contributed by atoms with Crippen LogP contribution in [0.2, 0.25) is 0 Å². The summed E-state index contributed by atoms with van der Waals surface area (Å²) in [6, 6.07) is 0. The van der Waals surface area contributed by atoms with Crippen molar-refractivity contribution in [1.82, 2.24) is 24.7 Å². The van der Waals surface area contributed by atoms with Crippen LogP contribution in [0.25, 0.3) is 0 Å². The number of likely N-dealkylation sites (tertiary alicyclic amines) is 2. The molecule has 0 saturated carbocycles. The van der Waals surface area contributed by atoms with Crippen molar-refractivity contribution in [2.45, 2.75) is 45.6 Å². The van der Waals surface area contributed by atoms with E-state index >= 15 is 0 Å². The Morgan fingerprint density at radius 1 is 1.21 bits per heavy atom. The van der Waals surface area contributed by atoms with Gasteiger partial charge in [-0.25, -0.2) is 9.97 Å². The zero-order chi connectivity index (χ0) is 19.8. The van der Waals surface area contributed by atoms with Gasteiger partial charge in [0.25, 0.3) is 0 Å². The molecule has 1 aromatic heterocycles. The number of aromatic nitrogens is 2. The first-order valence-electron chi connectivity index (χ1n) is 10.1. The molecule has 0 radical (unpaired) electrons. The van der Waals surface area contributed by atoms with Crippen LogP contribution in [0, 0.1) is 5.92 Å². The Bertz CT molecular complexity index is 811. The average molecular weight is 385 g/mol. The van der Waals surface area contributed by atoms with Gasteiger partial charge in [0.1, 0.15) is 5.82 Å². The third kappa shape index (κ3) is 3.47. The summed E-state index contributed by atoms with van der Waals surface area (Å²) in [5.74, 6) is 1.00. The predicted molar refractivity (Wildman–Crippen MR) is 101 cm³/mol. The Labute approximate surface area is 164 Å². The molecule has 1 aromatic rings. The van der Waals surface area contributed by atoms with E-state index in [0.717, 1.165) is 30.0 Å². The van der Waals surface area contributed by atoms with Gasteiger partial charge in [0.2, 0.25) is 17.7 Å². The van der Waals surface area contributed by atoms with Crippen LogP contribution >= 0.6 is 0 Å². The molecule has 8 heteroatoms. The number of carbonyl (C=O) groups is 3. The standard InChI is InChI=1S/C20H27N5O3/c1-3-23-11-15(8-18(23)27)20(28)25-7-5-17-16(12-25)9-21-19(22-17)14-4-6-24(10-14)13(2)26/h9,14-15H,3-8,10-12H2,1-2H3/t14-,15+/m0/s1. The van der Waals surface area contributed by atoms with Crippen LogP contribution in [-0.2, 0) is 27.3 Å². The highest BCUT2D eigenvalue weighted by Gasteiger charge is 2.37. The molecule has 0 bridgehead atoms. The minimum Gasteiger partial charge on any atom is -0.342 e. The summed E-state index contributed by atoms with van der Waals surface area (Å²) in [5, 5.41) is 0. The van der Waals surface area contributed by atoms with Crippen LogP contribution in [0.1, 0.15) is 49.7 Å². The summed E-state index contributed by atoms with van der Waals surface area (Å²) in [7, 11) is 0. The summed E-state index contributed by atoms with van der Waals surface area (Å²) in [4.78, 5) is 51.1. The van der Waals surface area contributed by atoms with E-state index in [9.17, 15) is 14.4 Å². The van der Waals surface area contributed by atoms with E-state index in [2.05, 4.69) is 4.98 Å². The van der Waals surface area contributed by atoms with Gasteiger partial charge in [-0.3, -0.25) is 14.4 Å². The van der Waals surface area contributed by atoms with Gasteiger partial charge in [-0.2, -0.15) is 0 Å². The van der Waals surface area contributed by atoms with Crippen molar-refractivity contribution >= 4 is 17.7 Å². The van der Waals surface area contributed by atoms with Gasteiger partial charge in [-0.15, -0.1) is 0 Å². The van der Waals surface area contributed by atoms with Crippen LogP contribution in [0.3, 0.4) is 0 Å². The minimum absolute atomic E-state index is 0.0620. The van der Waals surface area contributed by atoms with Gasteiger partial charge in [0.15, 0.2) is 0 Å². The topological polar surface area (TPSA) is 86.7 Å². The summed E-state index contributed by atoms with van der Waals surface area (Å²) >= 11 is 0. The van der Waals surface area contributed by atoms with Gasteiger partial charge in [-0.1, -0.05) is 0 Å². The molecule has 28 heavy (non-hydrogen) atoms. The summed E-state index contributed by atoms with van der Waals surface area (Å²) in [6.45, 7) is 7.31. The maximum absolute atomic E-state index is 12.9. The number of nitrogens with zero attached hydrogens (tertiary/aromatic N) is 5. The van der Waals surface area contributed by atoms with Crippen molar-refractivity contribution in [3.8, 4) is 0 Å². The lowest BCUT2D eigenvalue weighted by molar-refractivity contribution is -0.136. The average Bonchev–Trinajstić information content (AvgIpc) is 3.33. The zero-order valence-electron chi connectivity index (χ0n) is 16.6. The first kappa shape index (κ1) is 18.8. The Hall–Kier alpha value is -2.51. The smallest absolute Gasteiger partial charge is 0.228 e. The fourth-order valence-corrected chi connectivity index (χ4v) is 4.47. The number of hydrogen-bond donors (Lipinski definition) is 0. The molecule has 8 nitrogen and oxygen atoms in total. The van der Waals surface area contributed by atoms with E-state index < -0.39 is 0 Å². The van der Waals surface area contributed by atoms with Gasteiger partial charge >= 0.3 is 0 Å². The molecule has 0 unspecified atom stereocenters. The molecule has 0 spiro atoms. The molecule has 4 heterocycles. The lowest BCUT2D eigenvalue weighted by atomic mass is 10.0. The normalized spacial score (nSPS) is 24.6. The molecule has 2 atom stereocenters. The van der Waals surface area contributed by atoms with Crippen molar-refractivity contribution in [2.24, 2.45) is 5.92 Å². The van der Waals surface area contributed by atoms with Crippen LogP contribution < -0.4 is 0 Å². The second-order valence-electron chi connectivity index (χ2n) is 7.99. The van der Waals surface area contributed by atoms with Crippen molar-refractivity contribution in [3.63, 3.8) is 0 Å².